The Balaban J connectivity index is 0.00000484. The predicted molar refractivity (Wildman–Crippen MR) is 90.5 cm³/mol. The third-order valence-corrected chi connectivity index (χ3v) is 4.76. The van der Waals surface area contributed by atoms with E-state index in [0.29, 0.717) is 11.1 Å². The maximum atomic E-state index is 12.0. The van der Waals surface area contributed by atoms with Crippen LogP contribution in [0, 0.1) is 0 Å². The Morgan fingerprint density at radius 1 is 0.739 bits per heavy atom. The molecular weight excluding hydrogens is 319 g/mol. The summed E-state index contributed by atoms with van der Waals surface area (Å²) in [6.07, 6.45) is 0. The summed E-state index contributed by atoms with van der Waals surface area (Å²) < 4.78 is 35.9. The molecule has 0 heterocycles. The first-order chi connectivity index (χ1) is 9.45. The molecule has 1 aromatic carbocycles. The molecule has 0 unspecified atom stereocenters. The molecule has 1 aromatic rings. The molecule has 0 radical (unpaired) electrons. The van der Waals surface area contributed by atoms with E-state index in [0.717, 1.165) is 5.56 Å². The number of benzene rings is 1. The van der Waals surface area contributed by atoms with Crippen molar-refractivity contribution in [3.63, 3.8) is 0 Å². The van der Waals surface area contributed by atoms with Crippen molar-refractivity contribution >= 4 is 10.1 Å². The van der Waals surface area contributed by atoms with Crippen LogP contribution in [-0.2, 0) is 26.4 Å². The van der Waals surface area contributed by atoms with Crippen LogP contribution in [0.4, 0.5) is 0 Å². The molecule has 126 valence electrons. The molecule has 5 heteroatoms. The van der Waals surface area contributed by atoms with Crippen LogP contribution in [0.1, 0.15) is 79.0 Å². The van der Waals surface area contributed by atoms with Crippen LogP contribution in [0.2, 0.25) is 0 Å². The first kappa shape index (κ1) is 23.1. The van der Waals surface area contributed by atoms with E-state index < -0.39 is 20.9 Å². The minimum absolute atomic E-state index is 0. The minimum Gasteiger partial charge on any atom is -0.744 e. The maximum absolute atomic E-state index is 12.0. The molecule has 0 N–H and O–H groups in total. The van der Waals surface area contributed by atoms with Gasteiger partial charge < -0.3 is 4.55 Å². The van der Waals surface area contributed by atoms with E-state index in [1.807, 2.05) is 53.7 Å². The molecular formula is C18H29NaO3S. The summed E-state index contributed by atoms with van der Waals surface area (Å²) in [4.78, 5) is -0.0412. The van der Waals surface area contributed by atoms with Crippen LogP contribution in [0.3, 0.4) is 0 Å². The number of hydrogen-bond donors (Lipinski definition) is 0. The summed E-state index contributed by atoms with van der Waals surface area (Å²) in [6.45, 7) is 17.9. The monoisotopic (exact) mass is 348 g/mol. The Morgan fingerprint density at radius 2 is 1.04 bits per heavy atom. The first-order valence-corrected chi connectivity index (χ1v) is 9.02. The van der Waals surface area contributed by atoms with Gasteiger partial charge in [0, 0.05) is 0 Å². The van der Waals surface area contributed by atoms with Crippen molar-refractivity contribution in [2.24, 2.45) is 0 Å². The van der Waals surface area contributed by atoms with Crippen LogP contribution in [0.5, 0.6) is 0 Å². The fourth-order valence-corrected chi connectivity index (χ4v) is 3.71. The topological polar surface area (TPSA) is 57.2 Å². The van der Waals surface area contributed by atoms with Gasteiger partial charge in [-0.25, -0.2) is 8.42 Å². The summed E-state index contributed by atoms with van der Waals surface area (Å²) in [5.41, 5.74) is 1.31. The fraction of sp³-hybridized carbons (Fsp3) is 0.667. The van der Waals surface area contributed by atoms with Crippen LogP contribution in [0.15, 0.2) is 17.0 Å². The molecule has 3 nitrogen and oxygen atoms in total. The van der Waals surface area contributed by atoms with Gasteiger partial charge in [0.25, 0.3) is 0 Å². The van der Waals surface area contributed by atoms with Gasteiger partial charge in [-0.2, -0.15) is 0 Å². The van der Waals surface area contributed by atoms with Gasteiger partial charge in [0.1, 0.15) is 10.1 Å². The third kappa shape index (κ3) is 5.57. The summed E-state index contributed by atoms with van der Waals surface area (Å²) in [6, 6.07) is 3.78. The summed E-state index contributed by atoms with van der Waals surface area (Å²) >= 11 is 0. The molecule has 1 rings (SSSR count). The van der Waals surface area contributed by atoms with Gasteiger partial charge in [0.2, 0.25) is 0 Å². The first-order valence-electron chi connectivity index (χ1n) is 7.61. The SMILES string of the molecule is CC(C)(C)c1cc(C(C)(C)C)c(S(=O)(=O)[O-])c(C(C)(C)C)c1.[Na+]. The summed E-state index contributed by atoms with van der Waals surface area (Å²) in [5, 5.41) is 0. The largest absolute Gasteiger partial charge is 1.00 e. The van der Waals surface area contributed by atoms with Crippen LogP contribution in [-0.4, -0.2) is 13.0 Å². The summed E-state index contributed by atoms with van der Waals surface area (Å²) in [7, 11) is -4.54. The summed E-state index contributed by atoms with van der Waals surface area (Å²) in [5.74, 6) is 0. The second-order valence-corrected chi connectivity index (χ2v) is 10.4. The van der Waals surface area contributed by atoms with Crippen molar-refractivity contribution < 1.29 is 42.5 Å². The molecule has 0 aromatic heterocycles. The van der Waals surface area contributed by atoms with Gasteiger partial charge in [-0.1, -0.05) is 74.4 Å². The molecule has 0 aliphatic carbocycles. The van der Waals surface area contributed by atoms with Crippen molar-refractivity contribution in [1.82, 2.24) is 0 Å². The van der Waals surface area contributed by atoms with E-state index in [9.17, 15) is 13.0 Å². The van der Waals surface area contributed by atoms with E-state index >= 15 is 0 Å². The molecule has 0 aliphatic heterocycles. The molecule has 23 heavy (non-hydrogen) atoms. The van der Waals surface area contributed by atoms with Crippen molar-refractivity contribution in [1.29, 1.82) is 0 Å². The van der Waals surface area contributed by atoms with E-state index in [2.05, 4.69) is 20.8 Å². The van der Waals surface area contributed by atoms with Crippen molar-refractivity contribution in [3.05, 3.63) is 28.8 Å². The molecule has 0 fully saturated rings. The van der Waals surface area contributed by atoms with E-state index in [1.165, 1.54) is 0 Å². The van der Waals surface area contributed by atoms with Gasteiger partial charge in [-0.3, -0.25) is 0 Å². The Bertz CT molecular complexity index is 635. The van der Waals surface area contributed by atoms with Crippen LogP contribution in [0.25, 0.3) is 0 Å². The Morgan fingerprint density at radius 3 is 1.22 bits per heavy atom. The van der Waals surface area contributed by atoms with E-state index in [1.54, 1.807) is 0 Å². The van der Waals surface area contributed by atoms with Crippen LogP contribution < -0.4 is 29.6 Å². The predicted octanol–water partition coefficient (Wildman–Crippen LogP) is 1.49. The smallest absolute Gasteiger partial charge is 0.744 e. The Hall–Kier alpha value is 0.130. The molecule has 0 spiro atoms. The molecule has 0 bridgehead atoms. The average molecular weight is 348 g/mol. The van der Waals surface area contributed by atoms with E-state index in [-0.39, 0.29) is 39.9 Å². The van der Waals surface area contributed by atoms with Gasteiger partial charge in [-0.05, 0) is 32.9 Å². The zero-order chi connectivity index (χ0) is 17.7. The maximum Gasteiger partial charge on any atom is 1.00 e. The average Bonchev–Trinajstić information content (AvgIpc) is 2.22. The normalized spacial score (nSPS) is 13.7. The van der Waals surface area contributed by atoms with Crippen molar-refractivity contribution in [2.45, 2.75) is 83.5 Å². The van der Waals surface area contributed by atoms with Crippen LogP contribution >= 0.6 is 0 Å². The Labute approximate surface area is 164 Å². The van der Waals surface area contributed by atoms with Gasteiger partial charge in [-0.15, -0.1) is 0 Å². The van der Waals surface area contributed by atoms with Crippen molar-refractivity contribution in [2.75, 3.05) is 0 Å². The van der Waals surface area contributed by atoms with E-state index in [4.69, 9.17) is 0 Å². The zero-order valence-corrected chi connectivity index (χ0v) is 19.1. The standard InChI is InChI=1S/C18H30O3S.Na/c1-16(2,3)12-10-13(17(4,5)6)15(22(19,20)21)14(11-12)18(7,8)9;/h10-11H,1-9H3,(H,19,20,21);/q;+1/p-1. The van der Waals surface area contributed by atoms with Gasteiger partial charge in [0.15, 0.2) is 0 Å². The third-order valence-electron chi connectivity index (χ3n) is 3.82. The fourth-order valence-electron chi connectivity index (χ4n) is 2.45. The quantitative estimate of drug-likeness (QED) is 0.571. The molecule has 0 atom stereocenters. The minimum atomic E-state index is -4.54. The number of rotatable bonds is 1. The Kier molecular flexibility index (Phi) is 6.83. The van der Waals surface area contributed by atoms with Gasteiger partial charge in [0.05, 0.1) is 4.90 Å². The second kappa shape index (κ2) is 6.80. The number of hydrogen-bond acceptors (Lipinski definition) is 3. The molecule has 0 amide bonds. The molecule has 0 saturated carbocycles. The van der Waals surface area contributed by atoms with Gasteiger partial charge >= 0.3 is 29.6 Å². The van der Waals surface area contributed by atoms with Crippen molar-refractivity contribution in [3.8, 4) is 0 Å². The second-order valence-electron chi connectivity index (χ2n) is 9.10. The zero-order valence-electron chi connectivity index (χ0n) is 16.3. The molecule has 0 aliphatic rings. The molecule has 0 saturated heterocycles.